The molecule has 5 heteroatoms. The zero-order valence-electron chi connectivity index (χ0n) is 14.2. The summed E-state index contributed by atoms with van der Waals surface area (Å²) in [6.07, 6.45) is 4.05. The largest absolute Gasteiger partial charge is 0.508 e. The summed E-state index contributed by atoms with van der Waals surface area (Å²) < 4.78 is 2.12. The Labute approximate surface area is 138 Å². The molecule has 0 saturated heterocycles. The molecule has 0 aliphatic heterocycles. The first kappa shape index (κ1) is 16.9. The molecule has 0 aliphatic carbocycles. The minimum Gasteiger partial charge on any atom is -0.508 e. The number of aryl methyl sites for hydroxylation is 2. The van der Waals surface area contributed by atoms with E-state index in [1.165, 1.54) is 11.3 Å². The second-order valence-electron chi connectivity index (χ2n) is 5.71. The molecule has 0 amide bonds. The molecule has 1 aromatic heterocycles. The minimum absolute atomic E-state index is 0.314. The summed E-state index contributed by atoms with van der Waals surface area (Å²) in [5, 5.41) is 12.7. The van der Waals surface area contributed by atoms with Gasteiger partial charge in [0.1, 0.15) is 5.75 Å². The molecule has 0 atom stereocenters. The van der Waals surface area contributed by atoms with E-state index in [1.807, 2.05) is 26.2 Å². The first-order valence-electron chi connectivity index (χ1n) is 7.90. The van der Waals surface area contributed by atoms with E-state index in [9.17, 15) is 5.11 Å². The topological polar surface area (TPSA) is 52.8 Å². The highest BCUT2D eigenvalue weighted by Gasteiger charge is 2.07. The molecular weight excluding hydrogens is 288 g/mol. The average molecular weight is 314 g/mol. The Morgan fingerprint density at radius 2 is 2.00 bits per heavy atom. The van der Waals surface area contributed by atoms with Gasteiger partial charge in [-0.1, -0.05) is 12.1 Å². The van der Waals surface area contributed by atoms with Crippen LogP contribution in [0.5, 0.6) is 5.75 Å². The molecule has 1 aromatic carbocycles. The van der Waals surface area contributed by atoms with Gasteiger partial charge < -0.3 is 19.9 Å². The fourth-order valence-electron chi connectivity index (χ4n) is 2.52. The maximum Gasteiger partial charge on any atom is 0.193 e. The Morgan fingerprint density at radius 3 is 2.61 bits per heavy atom. The van der Waals surface area contributed by atoms with Crippen LogP contribution in [0.4, 0.5) is 0 Å². The highest BCUT2D eigenvalue weighted by Crippen LogP contribution is 2.10. The van der Waals surface area contributed by atoms with Gasteiger partial charge in [-0.15, -0.1) is 0 Å². The quantitative estimate of drug-likeness (QED) is 0.489. The third kappa shape index (κ3) is 5.06. The SMILES string of the molecule is CN=C(NCCCc1ccc(O)cc1)N(C)Cc1cccn1C. The van der Waals surface area contributed by atoms with Gasteiger partial charge in [0.25, 0.3) is 0 Å². The van der Waals surface area contributed by atoms with Crippen LogP contribution in [-0.2, 0) is 20.0 Å². The van der Waals surface area contributed by atoms with E-state index in [1.54, 1.807) is 12.1 Å². The number of aliphatic imine (C=N–C) groups is 1. The molecule has 0 aliphatic rings. The molecule has 0 radical (unpaired) electrons. The number of guanidine groups is 1. The van der Waals surface area contributed by atoms with Crippen molar-refractivity contribution >= 4 is 5.96 Å². The normalized spacial score (nSPS) is 11.5. The Balaban J connectivity index is 1.76. The molecule has 0 spiro atoms. The van der Waals surface area contributed by atoms with Crippen LogP contribution in [0.15, 0.2) is 47.6 Å². The predicted molar refractivity (Wildman–Crippen MR) is 94.7 cm³/mol. The molecule has 2 N–H and O–H groups in total. The van der Waals surface area contributed by atoms with E-state index in [-0.39, 0.29) is 0 Å². The van der Waals surface area contributed by atoms with Crippen molar-refractivity contribution in [1.29, 1.82) is 0 Å². The van der Waals surface area contributed by atoms with Crippen LogP contribution in [-0.4, -0.2) is 41.2 Å². The number of nitrogens with zero attached hydrogens (tertiary/aromatic N) is 3. The number of hydrogen-bond acceptors (Lipinski definition) is 2. The van der Waals surface area contributed by atoms with Gasteiger partial charge in [-0.25, -0.2) is 0 Å². The van der Waals surface area contributed by atoms with Gasteiger partial charge in [0.05, 0.1) is 6.54 Å². The van der Waals surface area contributed by atoms with Gasteiger partial charge in [0.15, 0.2) is 5.96 Å². The molecule has 0 saturated carbocycles. The van der Waals surface area contributed by atoms with E-state index in [4.69, 9.17) is 0 Å². The van der Waals surface area contributed by atoms with Crippen molar-refractivity contribution in [3.8, 4) is 5.75 Å². The zero-order valence-corrected chi connectivity index (χ0v) is 14.2. The van der Waals surface area contributed by atoms with Crippen LogP contribution in [0.25, 0.3) is 0 Å². The van der Waals surface area contributed by atoms with Crippen molar-refractivity contribution in [3.63, 3.8) is 0 Å². The van der Waals surface area contributed by atoms with Crippen LogP contribution in [0, 0.1) is 0 Å². The van der Waals surface area contributed by atoms with Gasteiger partial charge in [0.2, 0.25) is 0 Å². The minimum atomic E-state index is 0.314. The van der Waals surface area contributed by atoms with Crippen molar-refractivity contribution in [2.75, 3.05) is 20.6 Å². The molecule has 124 valence electrons. The molecule has 1 heterocycles. The summed E-state index contributed by atoms with van der Waals surface area (Å²) in [6.45, 7) is 1.69. The highest BCUT2D eigenvalue weighted by atomic mass is 16.3. The number of nitrogens with one attached hydrogen (secondary N) is 1. The van der Waals surface area contributed by atoms with E-state index in [2.05, 4.69) is 45.2 Å². The van der Waals surface area contributed by atoms with Gasteiger partial charge in [0, 0.05) is 39.6 Å². The van der Waals surface area contributed by atoms with Gasteiger partial charge >= 0.3 is 0 Å². The first-order valence-corrected chi connectivity index (χ1v) is 7.90. The third-order valence-electron chi connectivity index (χ3n) is 3.89. The Kier molecular flexibility index (Phi) is 6.09. The second kappa shape index (κ2) is 8.27. The van der Waals surface area contributed by atoms with Crippen molar-refractivity contribution in [3.05, 3.63) is 53.9 Å². The number of aromatic nitrogens is 1. The monoisotopic (exact) mass is 314 g/mol. The summed E-state index contributed by atoms with van der Waals surface area (Å²) in [7, 11) is 5.91. The average Bonchev–Trinajstić information content (AvgIpc) is 2.94. The van der Waals surface area contributed by atoms with Gasteiger partial charge in [-0.3, -0.25) is 4.99 Å². The van der Waals surface area contributed by atoms with E-state index in [0.29, 0.717) is 5.75 Å². The maximum absolute atomic E-state index is 9.28. The van der Waals surface area contributed by atoms with Crippen molar-refractivity contribution in [2.24, 2.45) is 12.0 Å². The highest BCUT2D eigenvalue weighted by molar-refractivity contribution is 5.79. The number of hydrogen-bond donors (Lipinski definition) is 2. The standard InChI is InChI=1S/C18H26N4O/c1-19-18(22(3)14-16-7-5-13-21(16)2)20-12-4-6-15-8-10-17(23)11-9-15/h5,7-11,13,23H,4,6,12,14H2,1-3H3,(H,19,20). The van der Waals surface area contributed by atoms with Crippen LogP contribution >= 0.6 is 0 Å². The van der Waals surface area contributed by atoms with Crippen molar-refractivity contribution < 1.29 is 5.11 Å². The van der Waals surface area contributed by atoms with Crippen LogP contribution < -0.4 is 5.32 Å². The van der Waals surface area contributed by atoms with Gasteiger partial charge in [-0.05, 0) is 42.7 Å². The molecular formula is C18H26N4O. The van der Waals surface area contributed by atoms with Crippen molar-refractivity contribution in [2.45, 2.75) is 19.4 Å². The number of phenolic OH excluding ortho intramolecular Hbond substituents is 1. The number of benzene rings is 1. The fraction of sp³-hybridized carbons (Fsp3) is 0.389. The summed E-state index contributed by atoms with van der Waals surface area (Å²) in [4.78, 5) is 6.46. The Bertz CT molecular complexity index is 631. The lowest BCUT2D eigenvalue weighted by atomic mass is 10.1. The van der Waals surface area contributed by atoms with E-state index in [0.717, 1.165) is 31.9 Å². The smallest absolute Gasteiger partial charge is 0.193 e. The van der Waals surface area contributed by atoms with Crippen LogP contribution in [0.2, 0.25) is 0 Å². The van der Waals surface area contributed by atoms with Gasteiger partial charge in [-0.2, -0.15) is 0 Å². The fourth-order valence-corrected chi connectivity index (χ4v) is 2.52. The van der Waals surface area contributed by atoms with Crippen molar-refractivity contribution in [1.82, 2.24) is 14.8 Å². The number of rotatable bonds is 6. The predicted octanol–water partition coefficient (Wildman–Crippen LogP) is 2.37. The molecule has 0 fully saturated rings. The first-order chi connectivity index (χ1) is 11.1. The number of aromatic hydroxyl groups is 1. The zero-order chi connectivity index (χ0) is 16.7. The molecule has 0 bridgehead atoms. The summed E-state index contributed by atoms with van der Waals surface area (Å²) >= 11 is 0. The van der Waals surface area contributed by atoms with E-state index >= 15 is 0 Å². The van der Waals surface area contributed by atoms with E-state index < -0.39 is 0 Å². The maximum atomic E-state index is 9.28. The molecule has 0 unspecified atom stereocenters. The third-order valence-corrected chi connectivity index (χ3v) is 3.89. The summed E-state index contributed by atoms with van der Waals surface area (Å²) in [5.74, 6) is 1.21. The Hall–Kier alpha value is -2.43. The second-order valence-corrected chi connectivity index (χ2v) is 5.71. The van der Waals surface area contributed by atoms with Crippen LogP contribution in [0.3, 0.4) is 0 Å². The lowest BCUT2D eigenvalue weighted by Crippen LogP contribution is -2.39. The molecule has 2 aromatic rings. The lowest BCUT2D eigenvalue weighted by molar-refractivity contribution is 0.461. The summed E-state index contributed by atoms with van der Waals surface area (Å²) in [6, 6.07) is 11.6. The number of phenols is 1. The molecule has 2 rings (SSSR count). The summed E-state index contributed by atoms with van der Waals surface area (Å²) in [5.41, 5.74) is 2.48. The Morgan fingerprint density at radius 1 is 1.26 bits per heavy atom. The molecule has 5 nitrogen and oxygen atoms in total. The molecule has 23 heavy (non-hydrogen) atoms. The van der Waals surface area contributed by atoms with Crippen LogP contribution in [0.1, 0.15) is 17.7 Å². The lowest BCUT2D eigenvalue weighted by Gasteiger charge is -2.22.